The lowest BCUT2D eigenvalue weighted by atomic mass is 9.99. The Hall–Kier alpha value is -3.94. The number of nitrogens with one attached hydrogen (secondary N) is 4. The lowest BCUT2D eigenvalue weighted by molar-refractivity contribution is -0.123. The zero-order chi connectivity index (χ0) is 32.9. The lowest BCUT2D eigenvalue weighted by Crippen LogP contribution is -2.47. The number of carbonyl (C=O) groups excluding carboxylic acids is 2. The normalized spacial score (nSPS) is 14.2. The number of amides is 2. The standard InChI is InChI=1S/C34H40N6O4S2/c1-24(29-14-8-11-26-10-4-5-13-30(26)29)37-34(42)31(15-9-16-32(39-45(2)43)40-46(3)44)38-33(41)27-19-17-25(18-20-27)22-35-23-28-12-6-7-21-36-28/h4-8,10-14,17-21,24,31,35H,9,15-16,22-23H2,1-3H3,(H,37,42)(H,38,41)(H,39,40)/t24-,31-,45?,46?/m0/s1. The minimum Gasteiger partial charge on any atom is -0.593 e. The second-order valence-electron chi connectivity index (χ2n) is 10.9. The summed E-state index contributed by atoms with van der Waals surface area (Å²) in [6, 6.07) is 25.8. The maximum atomic E-state index is 13.7. The third kappa shape index (κ3) is 10.8. The number of benzene rings is 3. The molecule has 1 aromatic heterocycles. The third-order valence-corrected chi connectivity index (χ3v) is 8.26. The van der Waals surface area contributed by atoms with Crippen LogP contribution in [0.4, 0.5) is 0 Å². The summed E-state index contributed by atoms with van der Waals surface area (Å²) in [5, 5.41) is 11.5. The van der Waals surface area contributed by atoms with Gasteiger partial charge in [0.15, 0.2) is 5.84 Å². The summed E-state index contributed by atoms with van der Waals surface area (Å²) in [7, 11) is 0. The molecule has 3 aromatic carbocycles. The number of hydrogen-bond donors (Lipinski definition) is 4. The molecule has 4 rings (SSSR count). The van der Waals surface area contributed by atoms with Gasteiger partial charge in [0.2, 0.25) is 5.91 Å². The molecule has 2 amide bonds. The average Bonchev–Trinajstić information content (AvgIpc) is 3.04. The van der Waals surface area contributed by atoms with Gasteiger partial charge in [0.05, 0.1) is 34.5 Å². The monoisotopic (exact) mass is 660 g/mol. The van der Waals surface area contributed by atoms with Crippen LogP contribution in [-0.4, -0.2) is 50.3 Å². The van der Waals surface area contributed by atoms with Gasteiger partial charge in [-0.2, -0.15) is 4.72 Å². The van der Waals surface area contributed by atoms with E-state index in [4.69, 9.17) is 0 Å². The molecular weight excluding hydrogens is 621 g/mol. The molecule has 12 heteroatoms. The highest BCUT2D eigenvalue weighted by Crippen LogP contribution is 2.24. The molecule has 0 saturated heterocycles. The molecule has 0 bridgehead atoms. The minimum absolute atomic E-state index is 0.281. The number of amidine groups is 1. The van der Waals surface area contributed by atoms with Crippen molar-refractivity contribution in [2.45, 2.75) is 51.4 Å². The van der Waals surface area contributed by atoms with Gasteiger partial charge in [-0.3, -0.25) is 14.6 Å². The van der Waals surface area contributed by atoms with Crippen LogP contribution in [0.25, 0.3) is 10.8 Å². The van der Waals surface area contributed by atoms with Gasteiger partial charge in [0.1, 0.15) is 18.6 Å². The number of fused-ring (bicyclic) bond motifs is 1. The third-order valence-electron chi connectivity index (χ3n) is 7.25. The summed E-state index contributed by atoms with van der Waals surface area (Å²) in [4.78, 5) is 31.3. The Kier molecular flexibility index (Phi) is 13.4. The Morgan fingerprint density at radius 3 is 2.35 bits per heavy atom. The fourth-order valence-corrected chi connectivity index (χ4v) is 6.04. The molecule has 0 spiro atoms. The number of rotatable bonds is 15. The summed E-state index contributed by atoms with van der Waals surface area (Å²) >= 11 is -2.89. The number of pyridine rings is 1. The van der Waals surface area contributed by atoms with E-state index in [9.17, 15) is 18.7 Å². The number of nitrogens with zero attached hydrogens (tertiary/aromatic N) is 2. The lowest BCUT2D eigenvalue weighted by Gasteiger charge is -2.23. The van der Waals surface area contributed by atoms with Gasteiger partial charge in [-0.15, -0.1) is 0 Å². The zero-order valence-electron chi connectivity index (χ0n) is 26.2. The van der Waals surface area contributed by atoms with Crippen LogP contribution in [0.3, 0.4) is 0 Å². The summed E-state index contributed by atoms with van der Waals surface area (Å²) < 4.78 is 30.2. The Morgan fingerprint density at radius 1 is 0.891 bits per heavy atom. The molecule has 0 aliphatic heterocycles. The van der Waals surface area contributed by atoms with Gasteiger partial charge in [-0.05, 0) is 70.3 Å². The van der Waals surface area contributed by atoms with Crippen LogP contribution < -0.4 is 20.7 Å². The van der Waals surface area contributed by atoms with Gasteiger partial charge < -0.3 is 25.1 Å². The van der Waals surface area contributed by atoms with E-state index < -0.39 is 28.8 Å². The van der Waals surface area contributed by atoms with E-state index in [1.165, 1.54) is 12.5 Å². The molecule has 4 N–H and O–H groups in total. The van der Waals surface area contributed by atoms with E-state index in [1.54, 1.807) is 18.3 Å². The molecule has 4 atom stereocenters. The maximum Gasteiger partial charge on any atom is 0.251 e. The molecule has 0 saturated carbocycles. The fourth-order valence-electron chi connectivity index (χ4n) is 5.05. The van der Waals surface area contributed by atoms with Crippen molar-refractivity contribution in [1.82, 2.24) is 25.7 Å². The second kappa shape index (κ2) is 17.7. The van der Waals surface area contributed by atoms with Gasteiger partial charge in [0, 0.05) is 31.3 Å². The second-order valence-corrected chi connectivity index (χ2v) is 13.0. The van der Waals surface area contributed by atoms with Crippen LogP contribution in [0.1, 0.15) is 59.4 Å². The predicted molar refractivity (Wildman–Crippen MR) is 186 cm³/mol. The minimum atomic E-state index is -1.49. The Labute approximate surface area is 276 Å². The Bertz CT molecular complexity index is 1600. The van der Waals surface area contributed by atoms with Crippen molar-refractivity contribution in [2.75, 3.05) is 12.5 Å². The fraction of sp³-hybridized carbons (Fsp3) is 0.294. The molecule has 0 aliphatic rings. The number of aromatic nitrogens is 1. The summed E-state index contributed by atoms with van der Waals surface area (Å²) in [6.45, 7) is 3.15. The maximum absolute atomic E-state index is 13.7. The van der Waals surface area contributed by atoms with E-state index in [0.717, 1.165) is 27.6 Å². The van der Waals surface area contributed by atoms with Crippen LogP contribution >= 0.6 is 0 Å². The zero-order valence-corrected chi connectivity index (χ0v) is 27.8. The highest BCUT2D eigenvalue weighted by molar-refractivity contribution is 7.90. The first-order valence-electron chi connectivity index (χ1n) is 15.0. The highest BCUT2D eigenvalue weighted by Gasteiger charge is 2.24. The van der Waals surface area contributed by atoms with Crippen molar-refractivity contribution in [3.8, 4) is 0 Å². The molecule has 0 radical (unpaired) electrons. The predicted octanol–water partition coefficient (Wildman–Crippen LogP) is 4.25. The topological polar surface area (TPSA) is 154 Å². The van der Waals surface area contributed by atoms with Crippen molar-refractivity contribution < 1.29 is 18.7 Å². The van der Waals surface area contributed by atoms with Crippen molar-refractivity contribution >= 4 is 51.1 Å². The Morgan fingerprint density at radius 2 is 1.63 bits per heavy atom. The van der Waals surface area contributed by atoms with Gasteiger partial charge in [-0.1, -0.05) is 60.7 Å². The van der Waals surface area contributed by atoms with E-state index >= 15 is 0 Å². The molecule has 46 heavy (non-hydrogen) atoms. The summed E-state index contributed by atoms with van der Waals surface area (Å²) in [5.41, 5.74) is 3.35. The van der Waals surface area contributed by atoms with Gasteiger partial charge >= 0.3 is 0 Å². The van der Waals surface area contributed by atoms with Crippen molar-refractivity contribution in [3.63, 3.8) is 0 Å². The quantitative estimate of drug-likeness (QED) is 0.0845. The van der Waals surface area contributed by atoms with Gasteiger partial charge in [0.25, 0.3) is 5.91 Å². The number of hydrogen-bond acceptors (Lipinski definition) is 7. The van der Waals surface area contributed by atoms with E-state index in [-0.39, 0.29) is 24.3 Å². The van der Waals surface area contributed by atoms with Crippen molar-refractivity contribution in [3.05, 3.63) is 114 Å². The molecule has 2 unspecified atom stereocenters. The highest BCUT2D eigenvalue weighted by atomic mass is 32.2. The number of carbonyl (C=O) groups is 2. The van der Waals surface area contributed by atoms with E-state index in [0.29, 0.717) is 37.3 Å². The van der Waals surface area contributed by atoms with E-state index in [1.807, 2.05) is 79.7 Å². The van der Waals surface area contributed by atoms with Crippen LogP contribution in [0, 0.1) is 0 Å². The van der Waals surface area contributed by atoms with Crippen LogP contribution in [0.2, 0.25) is 0 Å². The largest absolute Gasteiger partial charge is 0.593 e. The molecule has 242 valence electrons. The first-order chi connectivity index (χ1) is 22.2. The molecule has 10 nitrogen and oxygen atoms in total. The first-order valence-corrected chi connectivity index (χ1v) is 18.1. The summed E-state index contributed by atoms with van der Waals surface area (Å²) in [6.07, 6.45) is 5.64. The molecular formula is C34H40N6O4S2. The average molecular weight is 661 g/mol. The first kappa shape index (κ1) is 34.9. The summed E-state index contributed by atoms with van der Waals surface area (Å²) in [5.74, 6) is -0.375. The van der Waals surface area contributed by atoms with Crippen LogP contribution in [0.15, 0.2) is 95.5 Å². The smallest absolute Gasteiger partial charge is 0.251 e. The van der Waals surface area contributed by atoms with Gasteiger partial charge in [-0.25, -0.2) is 0 Å². The molecule has 1 heterocycles. The SMILES string of the molecule is C[C@H](NC(=O)[C@H](CCCC(=N[S+](C)[O-])N[S+](C)[O-])NC(=O)c1ccc(CNCc2ccccn2)cc1)c1cccc2ccccc12. The van der Waals surface area contributed by atoms with Crippen LogP contribution in [-0.2, 0) is 40.6 Å². The molecule has 4 aromatic rings. The molecule has 0 aliphatic carbocycles. The van der Waals surface area contributed by atoms with E-state index in [2.05, 4.69) is 30.1 Å². The Balaban J connectivity index is 1.43. The van der Waals surface area contributed by atoms with Crippen molar-refractivity contribution in [2.24, 2.45) is 4.40 Å². The molecule has 0 fully saturated rings. The van der Waals surface area contributed by atoms with Crippen molar-refractivity contribution in [1.29, 1.82) is 0 Å². The van der Waals surface area contributed by atoms with Crippen LogP contribution in [0.5, 0.6) is 0 Å².